The minimum Gasteiger partial charge on any atom is -0.496 e. The lowest BCUT2D eigenvalue weighted by Crippen LogP contribution is -2.46. The van der Waals surface area contributed by atoms with E-state index in [1.165, 1.54) is 6.33 Å². The maximum absolute atomic E-state index is 13.3. The van der Waals surface area contributed by atoms with Gasteiger partial charge in [0.2, 0.25) is 11.9 Å². The summed E-state index contributed by atoms with van der Waals surface area (Å²) < 4.78 is 7.30. The summed E-state index contributed by atoms with van der Waals surface area (Å²) in [5.41, 5.74) is 1.56. The van der Waals surface area contributed by atoms with E-state index in [4.69, 9.17) is 16.3 Å². The summed E-state index contributed by atoms with van der Waals surface area (Å²) in [6.07, 6.45) is 1.48. The van der Waals surface area contributed by atoms with Gasteiger partial charge < -0.3 is 15.4 Å². The normalized spacial score (nSPS) is 20.8. The van der Waals surface area contributed by atoms with E-state index in [0.717, 1.165) is 5.56 Å². The molecule has 0 radical (unpaired) electrons. The smallest absolute Gasteiger partial charge is 0.232 e. The van der Waals surface area contributed by atoms with E-state index in [1.54, 1.807) is 36.1 Å². The van der Waals surface area contributed by atoms with E-state index in [2.05, 4.69) is 20.7 Å². The lowest BCUT2D eigenvalue weighted by molar-refractivity contribution is -0.121. The van der Waals surface area contributed by atoms with Crippen molar-refractivity contribution in [2.45, 2.75) is 19.0 Å². The Hall–Kier alpha value is -3.06. The van der Waals surface area contributed by atoms with Crippen molar-refractivity contribution in [3.63, 3.8) is 0 Å². The van der Waals surface area contributed by atoms with Crippen LogP contribution in [0.2, 0.25) is 5.02 Å². The number of amides is 1. The molecule has 0 saturated heterocycles. The minimum absolute atomic E-state index is 0.126. The average Bonchev–Trinajstić information content (AvgIpc) is 3.16. The number of nitrogens with zero attached hydrogens (tertiary/aromatic N) is 3. The van der Waals surface area contributed by atoms with Crippen molar-refractivity contribution in [3.8, 4) is 5.75 Å². The fourth-order valence-corrected chi connectivity index (χ4v) is 3.77. The number of rotatable bonds is 4. The van der Waals surface area contributed by atoms with Crippen LogP contribution in [0.15, 0.2) is 54.9 Å². The monoisotopic (exact) mass is 397 g/mol. The highest BCUT2D eigenvalue weighted by Gasteiger charge is 2.42. The fourth-order valence-electron chi connectivity index (χ4n) is 3.64. The number of aromatic nitrogens is 3. The number of anilines is 2. The topological polar surface area (TPSA) is 81.1 Å². The number of ether oxygens (including phenoxy) is 1. The van der Waals surface area contributed by atoms with Crippen LogP contribution in [0.1, 0.15) is 18.5 Å². The Balaban J connectivity index is 1.75. The highest BCUT2D eigenvalue weighted by Crippen LogP contribution is 2.40. The number of benzene rings is 2. The van der Waals surface area contributed by atoms with Gasteiger partial charge in [0.1, 0.15) is 12.1 Å². The van der Waals surface area contributed by atoms with Crippen LogP contribution in [0.4, 0.5) is 11.6 Å². The Labute approximate surface area is 167 Å². The zero-order valence-corrected chi connectivity index (χ0v) is 16.2. The first kappa shape index (κ1) is 18.3. The van der Waals surface area contributed by atoms with Gasteiger partial charge >= 0.3 is 0 Å². The van der Waals surface area contributed by atoms with Crippen LogP contribution in [0.25, 0.3) is 0 Å². The number of hydrogen-bond donors (Lipinski definition) is 2. The van der Waals surface area contributed by atoms with Crippen LogP contribution in [-0.2, 0) is 4.79 Å². The van der Waals surface area contributed by atoms with Crippen molar-refractivity contribution in [3.05, 3.63) is 65.4 Å². The lowest BCUT2D eigenvalue weighted by Gasteiger charge is -2.37. The zero-order chi connectivity index (χ0) is 19.7. The Morgan fingerprint density at radius 3 is 2.71 bits per heavy atom. The molecule has 2 aromatic carbocycles. The van der Waals surface area contributed by atoms with Gasteiger partial charge in [-0.05, 0) is 37.3 Å². The molecule has 4 rings (SSSR count). The Morgan fingerprint density at radius 1 is 1.21 bits per heavy atom. The van der Waals surface area contributed by atoms with Gasteiger partial charge in [0.25, 0.3) is 0 Å². The summed E-state index contributed by atoms with van der Waals surface area (Å²) in [6.45, 7) is 1.96. The van der Waals surface area contributed by atoms with Crippen LogP contribution in [-0.4, -0.2) is 33.8 Å². The third-order valence-electron chi connectivity index (χ3n) is 4.94. The summed E-state index contributed by atoms with van der Waals surface area (Å²) in [6, 6.07) is 14.2. The molecule has 7 nitrogen and oxygen atoms in total. The molecule has 3 aromatic rings. The molecule has 0 fully saturated rings. The van der Waals surface area contributed by atoms with Crippen molar-refractivity contribution in [2.75, 3.05) is 17.7 Å². The Kier molecular flexibility index (Phi) is 4.92. The van der Waals surface area contributed by atoms with Crippen LogP contribution >= 0.6 is 11.6 Å². The number of nitrogens with one attached hydrogen (secondary N) is 2. The summed E-state index contributed by atoms with van der Waals surface area (Å²) in [5.74, 6) is 0.756. The highest BCUT2D eigenvalue weighted by atomic mass is 35.5. The maximum Gasteiger partial charge on any atom is 0.232 e. The Morgan fingerprint density at radius 2 is 1.96 bits per heavy atom. The molecule has 0 saturated carbocycles. The summed E-state index contributed by atoms with van der Waals surface area (Å²) in [7, 11) is 1.62. The number of carbonyl (C=O) groups excluding carboxylic acids is 1. The molecule has 8 heteroatoms. The molecule has 1 aliphatic heterocycles. The summed E-state index contributed by atoms with van der Waals surface area (Å²) >= 11 is 5.95. The van der Waals surface area contributed by atoms with Gasteiger partial charge in [-0.2, -0.15) is 10.1 Å². The second-order valence-corrected chi connectivity index (χ2v) is 7.11. The minimum atomic E-state index is -0.443. The molecule has 3 atom stereocenters. The van der Waals surface area contributed by atoms with Crippen LogP contribution in [0.3, 0.4) is 0 Å². The number of carbonyl (C=O) groups is 1. The molecule has 1 aromatic heterocycles. The number of fused-ring (bicyclic) bond motifs is 1. The molecular weight excluding hydrogens is 378 g/mol. The molecule has 0 bridgehead atoms. The molecule has 0 spiro atoms. The van der Waals surface area contributed by atoms with E-state index in [9.17, 15) is 4.79 Å². The van der Waals surface area contributed by atoms with Gasteiger partial charge in [0.15, 0.2) is 0 Å². The van der Waals surface area contributed by atoms with Crippen molar-refractivity contribution in [1.82, 2.24) is 14.8 Å². The third kappa shape index (κ3) is 3.29. The van der Waals surface area contributed by atoms with Crippen LogP contribution in [0, 0.1) is 5.92 Å². The SMILES string of the molecule is COc1ccccc1[C@@H]1[C@H](C(=O)Nc2ccc(Cl)cc2)[C@@H](C)Nc2ncnn21. The van der Waals surface area contributed by atoms with Crippen LogP contribution < -0.4 is 15.4 Å². The second-order valence-electron chi connectivity index (χ2n) is 6.67. The van der Waals surface area contributed by atoms with Crippen molar-refractivity contribution >= 4 is 29.1 Å². The molecule has 0 unspecified atom stereocenters. The number of hydrogen-bond acceptors (Lipinski definition) is 5. The van der Waals surface area contributed by atoms with E-state index >= 15 is 0 Å². The highest BCUT2D eigenvalue weighted by molar-refractivity contribution is 6.30. The standard InChI is InChI=1S/C20H20ClN5O2/c1-12-17(19(27)25-14-9-7-13(21)8-10-14)18(26-20(24-12)22-11-23-26)15-5-3-4-6-16(15)28-2/h3-12,17-18H,1-2H3,(H,25,27)(H,22,23,24)/t12-,17-,18-/m1/s1. The Bertz CT molecular complexity index is 988. The van der Waals surface area contributed by atoms with Gasteiger partial charge in [0.05, 0.1) is 19.1 Å². The van der Waals surface area contributed by atoms with Gasteiger partial charge in [-0.15, -0.1) is 0 Å². The summed E-state index contributed by atoms with van der Waals surface area (Å²) in [4.78, 5) is 17.6. The van der Waals surface area contributed by atoms with Crippen LogP contribution in [0.5, 0.6) is 5.75 Å². The number of methoxy groups -OCH3 is 1. The predicted octanol–water partition coefficient (Wildman–Crippen LogP) is 3.60. The lowest BCUT2D eigenvalue weighted by atomic mass is 9.85. The number of para-hydroxylation sites is 1. The zero-order valence-electron chi connectivity index (χ0n) is 15.5. The van der Waals surface area contributed by atoms with E-state index in [1.807, 2.05) is 31.2 Å². The molecule has 0 aliphatic carbocycles. The third-order valence-corrected chi connectivity index (χ3v) is 5.20. The van der Waals surface area contributed by atoms with Gasteiger partial charge in [-0.1, -0.05) is 29.8 Å². The fraction of sp³-hybridized carbons (Fsp3) is 0.250. The maximum atomic E-state index is 13.3. The van der Waals surface area contributed by atoms with Crippen molar-refractivity contribution in [2.24, 2.45) is 5.92 Å². The quantitative estimate of drug-likeness (QED) is 0.703. The molecule has 144 valence electrons. The second kappa shape index (κ2) is 7.52. The number of halogens is 1. The van der Waals surface area contributed by atoms with Gasteiger partial charge in [-0.25, -0.2) is 4.68 Å². The van der Waals surface area contributed by atoms with E-state index in [-0.39, 0.29) is 18.0 Å². The summed E-state index contributed by atoms with van der Waals surface area (Å²) in [5, 5.41) is 11.2. The van der Waals surface area contributed by atoms with E-state index < -0.39 is 5.92 Å². The molecule has 2 heterocycles. The largest absolute Gasteiger partial charge is 0.496 e. The molecule has 1 amide bonds. The molecule has 1 aliphatic rings. The van der Waals surface area contributed by atoms with E-state index in [0.29, 0.717) is 22.4 Å². The van der Waals surface area contributed by atoms with Gasteiger partial charge in [0, 0.05) is 22.3 Å². The van der Waals surface area contributed by atoms with Crippen molar-refractivity contribution < 1.29 is 9.53 Å². The predicted molar refractivity (Wildman–Crippen MR) is 108 cm³/mol. The average molecular weight is 398 g/mol. The first-order valence-corrected chi connectivity index (χ1v) is 9.31. The van der Waals surface area contributed by atoms with Crippen molar-refractivity contribution in [1.29, 1.82) is 0 Å². The molecule has 2 N–H and O–H groups in total. The van der Waals surface area contributed by atoms with Gasteiger partial charge in [-0.3, -0.25) is 4.79 Å². The molecular formula is C20H20ClN5O2. The first-order valence-electron chi connectivity index (χ1n) is 8.94. The molecule has 28 heavy (non-hydrogen) atoms. The first-order chi connectivity index (χ1) is 13.6.